The number of halogens is 1. The minimum atomic E-state index is -3.26. The van der Waals surface area contributed by atoms with Crippen molar-refractivity contribution in [2.24, 2.45) is 17.6 Å². The lowest BCUT2D eigenvalue weighted by atomic mass is 9.72. The number of fused-ring (bicyclic) bond motifs is 2. The van der Waals surface area contributed by atoms with Gasteiger partial charge < -0.3 is 26.4 Å². The molecule has 1 aromatic rings. The third-order valence-electron chi connectivity index (χ3n) is 10.6. The van der Waals surface area contributed by atoms with Crippen LogP contribution in [-0.4, -0.2) is 85.3 Å². The van der Waals surface area contributed by atoms with Gasteiger partial charge in [0.15, 0.2) is 0 Å². The van der Waals surface area contributed by atoms with Crippen LogP contribution in [0.25, 0.3) is 0 Å². The van der Waals surface area contributed by atoms with Gasteiger partial charge in [-0.05, 0) is 109 Å². The van der Waals surface area contributed by atoms with Crippen molar-refractivity contribution in [3.63, 3.8) is 0 Å². The van der Waals surface area contributed by atoms with Crippen molar-refractivity contribution in [1.82, 2.24) is 20.3 Å². The lowest BCUT2D eigenvalue weighted by Gasteiger charge is -2.42. The van der Waals surface area contributed by atoms with Crippen LogP contribution in [0.1, 0.15) is 97.0 Å². The molecular weight excluding hydrogens is 626 g/mol. The number of benzene rings is 1. The fraction of sp³-hybridized carbons (Fsp3) is 0.765. The fourth-order valence-corrected chi connectivity index (χ4v) is 10.1. The summed E-state index contributed by atoms with van der Waals surface area (Å²) in [6.07, 6.45) is 7.46. The number of ether oxygens (including phenoxy) is 1. The molecule has 1 saturated carbocycles. The molecule has 2 bridgehead atoms. The second kappa shape index (κ2) is 14.4. The number of piperazine rings is 1. The summed E-state index contributed by atoms with van der Waals surface area (Å²) in [7, 11) is -3.26. The van der Waals surface area contributed by atoms with Crippen molar-refractivity contribution in [3.8, 4) is 0 Å². The second-order valence-corrected chi connectivity index (χ2v) is 17.8. The van der Waals surface area contributed by atoms with E-state index in [0.717, 1.165) is 56.9 Å². The summed E-state index contributed by atoms with van der Waals surface area (Å²) in [5.74, 6) is -0.399. The zero-order valence-corrected chi connectivity index (χ0v) is 29.5. The summed E-state index contributed by atoms with van der Waals surface area (Å²) in [6, 6.07) is 6.82. The molecule has 0 spiro atoms. The molecular formula is C34H54ClN5O5S. The van der Waals surface area contributed by atoms with Crippen LogP contribution < -0.4 is 21.7 Å². The Labute approximate surface area is 280 Å². The highest BCUT2D eigenvalue weighted by Crippen LogP contribution is 2.41. The zero-order valence-electron chi connectivity index (χ0n) is 27.9. The van der Waals surface area contributed by atoms with Crippen molar-refractivity contribution >= 4 is 33.4 Å². The Balaban J connectivity index is 1.35. The summed E-state index contributed by atoms with van der Waals surface area (Å²) in [5, 5.41) is 10.6. The number of sulfonamides is 1. The molecule has 3 unspecified atom stereocenters. The van der Waals surface area contributed by atoms with Gasteiger partial charge >= 0.3 is 0 Å². The van der Waals surface area contributed by atoms with E-state index >= 15 is 0 Å². The van der Waals surface area contributed by atoms with Crippen LogP contribution in [0.3, 0.4) is 0 Å². The van der Waals surface area contributed by atoms with Gasteiger partial charge in [-0.3, -0.25) is 9.59 Å². The molecule has 5 N–H and O–H groups in total. The van der Waals surface area contributed by atoms with E-state index in [9.17, 15) is 18.0 Å². The van der Waals surface area contributed by atoms with Crippen LogP contribution in [0, 0.1) is 11.8 Å². The number of hydrogen-bond acceptors (Lipinski definition) is 7. The van der Waals surface area contributed by atoms with Crippen LogP contribution in [0.4, 0.5) is 0 Å². The van der Waals surface area contributed by atoms with Crippen LogP contribution in [0.5, 0.6) is 0 Å². The highest BCUT2D eigenvalue weighted by atomic mass is 35.5. The molecule has 46 heavy (non-hydrogen) atoms. The van der Waals surface area contributed by atoms with Crippen molar-refractivity contribution in [2.75, 3.05) is 25.4 Å². The first kappa shape index (κ1) is 35.5. The van der Waals surface area contributed by atoms with Gasteiger partial charge in [-0.2, -0.15) is 4.31 Å². The topological polar surface area (TPSA) is 143 Å². The maximum absolute atomic E-state index is 14.4. The Morgan fingerprint density at radius 3 is 2.57 bits per heavy atom. The number of nitrogens with one attached hydrogen (secondary N) is 3. The van der Waals surface area contributed by atoms with E-state index in [0.29, 0.717) is 31.1 Å². The number of carbonyl (C=O) groups excluding carboxylic acids is 2. The van der Waals surface area contributed by atoms with E-state index < -0.39 is 21.6 Å². The Morgan fingerprint density at radius 1 is 1.13 bits per heavy atom. The number of hydrogen-bond donors (Lipinski definition) is 4. The first-order chi connectivity index (χ1) is 21.6. The molecule has 8 atom stereocenters. The first-order valence-corrected chi connectivity index (χ1v) is 19.1. The second-order valence-electron chi connectivity index (χ2n) is 15.3. The molecule has 10 nitrogen and oxygen atoms in total. The predicted molar refractivity (Wildman–Crippen MR) is 181 cm³/mol. The molecule has 3 heterocycles. The van der Waals surface area contributed by atoms with Gasteiger partial charge in [0.2, 0.25) is 21.8 Å². The van der Waals surface area contributed by atoms with Gasteiger partial charge in [0.1, 0.15) is 6.04 Å². The van der Waals surface area contributed by atoms with E-state index in [-0.39, 0.29) is 59.0 Å². The summed E-state index contributed by atoms with van der Waals surface area (Å²) < 4.78 is 33.8. The third-order valence-corrected chi connectivity index (χ3v) is 12.8. The van der Waals surface area contributed by atoms with Crippen molar-refractivity contribution in [2.45, 2.75) is 127 Å². The maximum Gasteiger partial charge on any atom is 0.243 e. The van der Waals surface area contributed by atoms with Crippen LogP contribution in [0.2, 0.25) is 5.02 Å². The third kappa shape index (κ3) is 8.63. The summed E-state index contributed by atoms with van der Waals surface area (Å²) >= 11 is 6.28. The monoisotopic (exact) mass is 679 g/mol. The molecule has 1 aromatic carbocycles. The lowest BCUT2D eigenvalue weighted by Crippen LogP contribution is -2.60. The largest absolute Gasteiger partial charge is 0.376 e. The predicted octanol–water partition coefficient (Wildman–Crippen LogP) is 3.68. The molecule has 1 aliphatic carbocycles. The number of nitrogens with zero attached hydrogens (tertiary/aromatic N) is 1. The molecule has 0 aromatic heterocycles. The van der Waals surface area contributed by atoms with Crippen molar-refractivity contribution in [1.29, 1.82) is 0 Å². The summed E-state index contributed by atoms with van der Waals surface area (Å²) in [5.41, 5.74) is 5.64. The zero-order chi connectivity index (χ0) is 33.3. The highest BCUT2D eigenvalue weighted by Gasteiger charge is 2.44. The van der Waals surface area contributed by atoms with Crippen LogP contribution in [0.15, 0.2) is 24.3 Å². The molecule has 2 amide bonds. The Bertz CT molecular complexity index is 1330. The fourth-order valence-electron chi connectivity index (χ4n) is 8.15. The van der Waals surface area contributed by atoms with Crippen molar-refractivity contribution < 1.29 is 22.7 Å². The molecule has 5 rings (SSSR count). The molecule has 0 radical (unpaired) electrons. The molecule has 258 valence electrons. The van der Waals surface area contributed by atoms with Gasteiger partial charge in [-0.1, -0.05) is 30.2 Å². The standard InChI is InChI=1S/C34H54ClN5O5S/c1-33(2)19-24(16-17-45-33)29(23-10-13-25(35)14-11-23)30(39-32(42)34(3,4)36)31(41)38-28-9-5-7-22(28)12-15-27-20-37-26-8-6-18-46(43,44)40(27)21-26/h10-11,13-14,22,24,26-30,37H,5-9,12,15-21,36H2,1-4H3,(H,38,41)(H,39,42)/t22-,24?,26?,27+,28+,29+,30+/m1/s1. The molecule has 3 saturated heterocycles. The molecule has 4 aliphatic rings. The molecule has 12 heteroatoms. The van der Waals surface area contributed by atoms with Gasteiger partial charge in [-0.25, -0.2) is 8.42 Å². The number of nitrogens with two attached hydrogens (primary N) is 1. The van der Waals surface area contributed by atoms with E-state index in [4.69, 9.17) is 22.1 Å². The minimum Gasteiger partial charge on any atom is -0.376 e. The molecule has 4 fully saturated rings. The Kier molecular flexibility index (Phi) is 11.1. The average molecular weight is 680 g/mol. The summed E-state index contributed by atoms with van der Waals surface area (Å²) in [6.45, 7) is 9.21. The lowest BCUT2D eigenvalue weighted by molar-refractivity contribution is -0.133. The minimum absolute atomic E-state index is 0.0557. The summed E-state index contributed by atoms with van der Waals surface area (Å²) in [4.78, 5) is 27.8. The van der Waals surface area contributed by atoms with Crippen molar-refractivity contribution in [3.05, 3.63) is 34.9 Å². The van der Waals surface area contributed by atoms with Crippen LogP contribution >= 0.6 is 11.6 Å². The molecule has 3 aliphatic heterocycles. The highest BCUT2D eigenvalue weighted by molar-refractivity contribution is 7.89. The van der Waals surface area contributed by atoms with Gasteiger partial charge in [0.05, 0.1) is 16.9 Å². The number of carbonyl (C=O) groups is 2. The Hall–Kier alpha value is -1.76. The van der Waals surface area contributed by atoms with E-state index in [1.165, 1.54) is 0 Å². The normalized spacial score (nSPS) is 32.1. The average Bonchev–Trinajstić information content (AvgIpc) is 3.37. The first-order valence-electron chi connectivity index (χ1n) is 17.2. The van der Waals surface area contributed by atoms with E-state index in [2.05, 4.69) is 29.8 Å². The smallest absolute Gasteiger partial charge is 0.243 e. The number of rotatable bonds is 10. The maximum atomic E-state index is 14.4. The van der Waals surface area contributed by atoms with Crippen LogP contribution in [-0.2, 0) is 24.3 Å². The van der Waals surface area contributed by atoms with Gasteiger partial charge in [0, 0.05) is 48.8 Å². The van der Waals surface area contributed by atoms with E-state index in [1.807, 2.05) is 24.3 Å². The Morgan fingerprint density at radius 2 is 1.87 bits per heavy atom. The quantitative estimate of drug-likeness (QED) is 0.296. The van der Waals surface area contributed by atoms with Gasteiger partial charge in [0.25, 0.3) is 0 Å². The van der Waals surface area contributed by atoms with E-state index in [1.54, 1.807) is 18.2 Å². The number of amides is 2. The SMILES string of the molecule is CC1(C)CC([C@H](c2ccc(Cl)cc2)[C@H](NC(=O)C(C)(C)N)C(=O)N[C@H]2CCC[C@@H]2CC[C@H]2CNC3CCCS(=O)(=O)N2C3)CCO1. The van der Waals surface area contributed by atoms with Gasteiger partial charge in [-0.15, -0.1) is 0 Å².